The first-order valence-corrected chi connectivity index (χ1v) is 7.29. The molecule has 3 atom stereocenters. The highest BCUT2D eigenvalue weighted by Gasteiger charge is 2.30. The molecule has 2 rings (SSSR count). The van der Waals surface area contributed by atoms with Crippen molar-refractivity contribution in [3.8, 4) is 5.75 Å². The van der Waals surface area contributed by atoms with Crippen LogP contribution in [-0.2, 0) is 0 Å². The number of likely N-dealkylation sites (tertiary alicyclic amines) is 1. The van der Waals surface area contributed by atoms with Crippen LogP contribution in [0.3, 0.4) is 0 Å². The molecule has 0 aromatic heterocycles. The standard InChI is InChI=1S/C16H26N2O/c1-4-15(17)16(18-10-9-12(2)11-18)13-5-7-14(19-3)8-6-13/h5-8,12,15-16H,4,9-11,17H2,1-3H3. The van der Waals surface area contributed by atoms with E-state index in [-0.39, 0.29) is 6.04 Å². The van der Waals surface area contributed by atoms with Crippen molar-refractivity contribution in [1.29, 1.82) is 0 Å². The molecule has 0 aliphatic carbocycles. The Hall–Kier alpha value is -1.06. The maximum atomic E-state index is 6.37. The molecule has 0 bridgehead atoms. The van der Waals surface area contributed by atoms with Gasteiger partial charge in [-0.1, -0.05) is 26.0 Å². The molecule has 1 saturated heterocycles. The number of nitrogens with zero attached hydrogens (tertiary/aromatic N) is 1. The number of benzene rings is 1. The maximum absolute atomic E-state index is 6.37. The predicted octanol–water partition coefficient (Wildman–Crippen LogP) is 2.82. The average Bonchev–Trinajstić information content (AvgIpc) is 2.86. The molecule has 0 amide bonds. The molecule has 2 N–H and O–H groups in total. The van der Waals surface area contributed by atoms with Gasteiger partial charge >= 0.3 is 0 Å². The van der Waals surface area contributed by atoms with Gasteiger partial charge in [-0.3, -0.25) is 4.90 Å². The molecule has 1 aromatic rings. The second-order valence-electron chi connectivity index (χ2n) is 5.68. The first-order valence-electron chi connectivity index (χ1n) is 7.29. The minimum absolute atomic E-state index is 0.193. The van der Waals surface area contributed by atoms with Crippen LogP contribution in [0.5, 0.6) is 5.75 Å². The lowest BCUT2D eigenvalue weighted by Gasteiger charge is -2.32. The zero-order chi connectivity index (χ0) is 13.8. The predicted molar refractivity (Wildman–Crippen MR) is 79.4 cm³/mol. The van der Waals surface area contributed by atoms with E-state index in [9.17, 15) is 0 Å². The van der Waals surface area contributed by atoms with Gasteiger partial charge in [-0.15, -0.1) is 0 Å². The zero-order valence-corrected chi connectivity index (χ0v) is 12.3. The largest absolute Gasteiger partial charge is 0.497 e. The molecular weight excluding hydrogens is 236 g/mol. The number of nitrogens with two attached hydrogens (primary N) is 1. The topological polar surface area (TPSA) is 38.5 Å². The number of ether oxygens (including phenoxy) is 1. The molecule has 1 fully saturated rings. The Morgan fingerprint density at radius 3 is 2.53 bits per heavy atom. The summed E-state index contributed by atoms with van der Waals surface area (Å²) < 4.78 is 5.23. The van der Waals surface area contributed by atoms with Crippen LogP contribution in [0, 0.1) is 5.92 Å². The van der Waals surface area contributed by atoms with E-state index >= 15 is 0 Å². The Balaban J connectivity index is 2.21. The first-order chi connectivity index (χ1) is 9.15. The third-order valence-electron chi connectivity index (χ3n) is 4.18. The first kappa shape index (κ1) is 14.4. The summed E-state index contributed by atoms with van der Waals surface area (Å²) in [6, 6.07) is 8.90. The van der Waals surface area contributed by atoms with Crippen molar-refractivity contribution < 1.29 is 4.74 Å². The molecule has 106 valence electrons. The van der Waals surface area contributed by atoms with Crippen molar-refractivity contribution >= 4 is 0 Å². The highest BCUT2D eigenvalue weighted by molar-refractivity contribution is 5.30. The number of methoxy groups -OCH3 is 1. The Morgan fingerprint density at radius 1 is 1.37 bits per heavy atom. The van der Waals surface area contributed by atoms with Crippen molar-refractivity contribution in [3.05, 3.63) is 29.8 Å². The SMILES string of the molecule is CCC(N)C(c1ccc(OC)cc1)N1CCC(C)C1. The van der Waals surface area contributed by atoms with Crippen molar-refractivity contribution in [2.24, 2.45) is 11.7 Å². The van der Waals surface area contributed by atoms with Crippen molar-refractivity contribution in [1.82, 2.24) is 4.90 Å². The molecule has 3 unspecified atom stereocenters. The highest BCUT2D eigenvalue weighted by atomic mass is 16.5. The quantitative estimate of drug-likeness (QED) is 0.887. The lowest BCUT2D eigenvalue weighted by Crippen LogP contribution is -2.39. The lowest BCUT2D eigenvalue weighted by molar-refractivity contribution is 0.203. The van der Waals surface area contributed by atoms with Crippen LogP contribution in [0.15, 0.2) is 24.3 Å². The molecule has 1 heterocycles. The Morgan fingerprint density at radius 2 is 2.05 bits per heavy atom. The molecule has 19 heavy (non-hydrogen) atoms. The average molecular weight is 262 g/mol. The smallest absolute Gasteiger partial charge is 0.118 e. The van der Waals surface area contributed by atoms with E-state index < -0.39 is 0 Å². The summed E-state index contributed by atoms with van der Waals surface area (Å²) in [6.07, 6.45) is 2.28. The fraction of sp³-hybridized carbons (Fsp3) is 0.625. The van der Waals surface area contributed by atoms with Gasteiger partial charge in [0.1, 0.15) is 5.75 Å². The Labute approximate surface area is 116 Å². The van der Waals surface area contributed by atoms with Gasteiger partial charge in [0.15, 0.2) is 0 Å². The van der Waals surface area contributed by atoms with Gasteiger partial charge in [0, 0.05) is 18.6 Å². The molecule has 1 aromatic carbocycles. The monoisotopic (exact) mass is 262 g/mol. The summed E-state index contributed by atoms with van der Waals surface area (Å²) in [6.45, 7) is 6.80. The minimum Gasteiger partial charge on any atom is -0.497 e. The maximum Gasteiger partial charge on any atom is 0.118 e. The van der Waals surface area contributed by atoms with Gasteiger partial charge in [-0.05, 0) is 43.0 Å². The molecule has 3 heteroatoms. The minimum atomic E-state index is 0.193. The van der Waals surface area contributed by atoms with Gasteiger partial charge < -0.3 is 10.5 Å². The van der Waals surface area contributed by atoms with Crippen molar-refractivity contribution in [2.75, 3.05) is 20.2 Å². The summed E-state index contributed by atoms with van der Waals surface area (Å²) in [5, 5.41) is 0. The van der Waals surface area contributed by atoms with Crippen LogP contribution >= 0.6 is 0 Å². The molecule has 0 saturated carbocycles. The fourth-order valence-corrected chi connectivity index (χ4v) is 2.97. The molecular formula is C16H26N2O. The van der Waals surface area contributed by atoms with Gasteiger partial charge in [0.05, 0.1) is 7.11 Å². The van der Waals surface area contributed by atoms with E-state index in [0.717, 1.165) is 31.2 Å². The van der Waals surface area contributed by atoms with Crippen molar-refractivity contribution in [3.63, 3.8) is 0 Å². The molecule has 3 nitrogen and oxygen atoms in total. The summed E-state index contributed by atoms with van der Waals surface area (Å²) in [5.41, 5.74) is 7.68. The van der Waals surface area contributed by atoms with Crippen LogP contribution in [0.25, 0.3) is 0 Å². The van der Waals surface area contributed by atoms with E-state index in [2.05, 4.69) is 30.9 Å². The van der Waals surface area contributed by atoms with Crippen molar-refractivity contribution in [2.45, 2.75) is 38.8 Å². The second kappa shape index (κ2) is 6.40. The number of hydrogen-bond acceptors (Lipinski definition) is 3. The number of rotatable bonds is 5. The van der Waals surface area contributed by atoms with Gasteiger partial charge in [-0.25, -0.2) is 0 Å². The fourth-order valence-electron chi connectivity index (χ4n) is 2.97. The Kier molecular flexibility index (Phi) is 4.83. The van der Waals surface area contributed by atoms with E-state index in [1.54, 1.807) is 7.11 Å². The highest BCUT2D eigenvalue weighted by Crippen LogP contribution is 2.31. The summed E-state index contributed by atoms with van der Waals surface area (Å²) in [5.74, 6) is 1.69. The second-order valence-corrected chi connectivity index (χ2v) is 5.68. The molecule has 1 aliphatic heterocycles. The third-order valence-corrected chi connectivity index (χ3v) is 4.18. The number of hydrogen-bond donors (Lipinski definition) is 1. The van der Waals surface area contributed by atoms with Crippen LogP contribution < -0.4 is 10.5 Å². The molecule has 0 radical (unpaired) electrons. The van der Waals surface area contributed by atoms with Gasteiger partial charge in [0.2, 0.25) is 0 Å². The van der Waals surface area contributed by atoms with Crippen LogP contribution in [0.4, 0.5) is 0 Å². The molecule has 1 aliphatic rings. The lowest BCUT2D eigenvalue weighted by atomic mass is 9.96. The van der Waals surface area contributed by atoms with E-state index in [1.165, 1.54) is 12.0 Å². The zero-order valence-electron chi connectivity index (χ0n) is 12.3. The summed E-state index contributed by atoms with van der Waals surface area (Å²) >= 11 is 0. The molecule has 0 spiro atoms. The summed E-state index contributed by atoms with van der Waals surface area (Å²) in [7, 11) is 1.70. The van der Waals surface area contributed by atoms with E-state index in [4.69, 9.17) is 10.5 Å². The van der Waals surface area contributed by atoms with Crippen LogP contribution in [0.2, 0.25) is 0 Å². The van der Waals surface area contributed by atoms with E-state index in [1.807, 2.05) is 12.1 Å². The van der Waals surface area contributed by atoms with Crippen LogP contribution in [-0.4, -0.2) is 31.1 Å². The van der Waals surface area contributed by atoms with E-state index in [0.29, 0.717) is 6.04 Å². The Bertz CT molecular complexity index is 390. The third kappa shape index (κ3) is 3.28. The summed E-state index contributed by atoms with van der Waals surface area (Å²) in [4.78, 5) is 2.54. The van der Waals surface area contributed by atoms with Gasteiger partial charge in [-0.2, -0.15) is 0 Å². The van der Waals surface area contributed by atoms with Crippen LogP contribution in [0.1, 0.15) is 38.3 Å². The normalized spacial score (nSPS) is 23.3. The van der Waals surface area contributed by atoms with Gasteiger partial charge in [0.25, 0.3) is 0 Å².